The third-order valence-corrected chi connectivity index (χ3v) is 13.4. The van der Waals surface area contributed by atoms with Crippen molar-refractivity contribution in [3.8, 4) is 17.0 Å². The smallest absolute Gasteiger partial charge is 0.387 e. The van der Waals surface area contributed by atoms with Crippen molar-refractivity contribution in [1.29, 1.82) is 0 Å². The summed E-state index contributed by atoms with van der Waals surface area (Å²) < 4.78 is 56.9. The van der Waals surface area contributed by atoms with Gasteiger partial charge in [-0.05, 0) is 55.7 Å². The number of hydrogen-bond donors (Lipinski definition) is 1. The van der Waals surface area contributed by atoms with Crippen molar-refractivity contribution in [2.75, 3.05) is 0 Å². The molecule has 0 aliphatic carbocycles. The van der Waals surface area contributed by atoms with E-state index in [4.69, 9.17) is 9.16 Å². The summed E-state index contributed by atoms with van der Waals surface area (Å²) in [4.78, 5) is 39.9. The lowest BCUT2D eigenvalue weighted by Crippen LogP contribution is -2.45. The van der Waals surface area contributed by atoms with Gasteiger partial charge in [-0.2, -0.15) is 8.78 Å². The Morgan fingerprint density at radius 1 is 1.14 bits per heavy atom. The van der Waals surface area contributed by atoms with Crippen molar-refractivity contribution in [2.45, 2.75) is 77.0 Å². The third kappa shape index (κ3) is 4.87. The van der Waals surface area contributed by atoms with Crippen molar-refractivity contribution in [2.24, 2.45) is 0 Å². The highest BCUT2D eigenvalue weighted by atomic mass is 28.4. The molecule has 0 radical (unpaired) electrons. The maximum atomic E-state index is 16.6. The van der Waals surface area contributed by atoms with Crippen LogP contribution in [0.2, 0.25) is 18.1 Å². The second-order valence-electron chi connectivity index (χ2n) is 12.7. The quantitative estimate of drug-likeness (QED) is 0.182. The molecule has 1 N–H and O–H groups in total. The van der Waals surface area contributed by atoms with E-state index in [2.05, 4.69) is 20.3 Å². The number of fused-ring (bicyclic) bond motifs is 9. The van der Waals surface area contributed by atoms with E-state index in [0.717, 1.165) is 5.52 Å². The summed E-state index contributed by atoms with van der Waals surface area (Å²) in [5.74, 6) is -2.65. The van der Waals surface area contributed by atoms with Gasteiger partial charge in [0.2, 0.25) is 5.78 Å². The van der Waals surface area contributed by atoms with Crippen LogP contribution in [0, 0.1) is 5.82 Å². The lowest BCUT2D eigenvalue weighted by atomic mass is 9.94. The number of amides is 1. The zero-order valence-corrected chi connectivity index (χ0v) is 26.1. The molecule has 2 aliphatic heterocycles. The van der Waals surface area contributed by atoms with Gasteiger partial charge in [-0.3, -0.25) is 9.59 Å². The average Bonchev–Trinajstić information content (AvgIpc) is 3.45. The van der Waals surface area contributed by atoms with E-state index >= 15 is 4.39 Å². The van der Waals surface area contributed by atoms with Gasteiger partial charge in [-0.25, -0.2) is 19.3 Å². The van der Waals surface area contributed by atoms with Crippen molar-refractivity contribution in [3.63, 3.8) is 0 Å². The summed E-state index contributed by atoms with van der Waals surface area (Å²) >= 11 is 0. The van der Waals surface area contributed by atoms with E-state index in [9.17, 15) is 18.4 Å². The van der Waals surface area contributed by atoms with E-state index in [0.29, 0.717) is 11.3 Å². The highest BCUT2D eigenvalue weighted by molar-refractivity contribution is 6.74. The number of alkyl halides is 2. The molecular weight excluding hydrogens is 591 g/mol. The number of ether oxygens (including phenoxy) is 1. The zero-order chi connectivity index (χ0) is 31.7. The van der Waals surface area contributed by atoms with Gasteiger partial charge in [0, 0.05) is 22.9 Å². The van der Waals surface area contributed by atoms with Crippen LogP contribution in [-0.2, 0) is 4.43 Å². The molecule has 13 heteroatoms. The second-order valence-corrected chi connectivity index (χ2v) is 17.4. The number of para-hydroxylation sites is 2. The molecule has 9 nitrogen and oxygen atoms in total. The first-order valence-corrected chi connectivity index (χ1v) is 17.2. The molecule has 6 rings (SSSR count). The number of nitrogens with zero attached hydrogens (tertiary/aromatic N) is 4. The maximum Gasteiger partial charge on any atom is 0.387 e. The van der Waals surface area contributed by atoms with Gasteiger partial charge >= 0.3 is 6.61 Å². The van der Waals surface area contributed by atoms with E-state index in [1.165, 1.54) is 18.3 Å². The summed E-state index contributed by atoms with van der Waals surface area (Å²) in [5, 5.41) is 2.75. The number of imidazole rings is 1. The van der Waals surface area contributed by atoms with E-state index in [1.807, 2.05) is 62.7 Å². The van der Waals surface area contributed by atoms with Gasteiger partial charge < -0.3 is 19.0 Å². The van der Waals surface area contributed by atoms with Gasteiger partial charge in [0.25, 0.3) is 5.91 Å². The molecule has 2 aromatic heterocycles. The number of aromatic nitrogens is 4. The molecule has 4 heterocycles. The van der Waals surface area contributed by atoms with Gasteiger partial charge in [0.05, 0.1) is 28.8 Å². The van der Waals surface area contributed by atoms with Crippen LogP contribution >= 0.6 is 0 Å². The minimum atomic E-state index is -3.37. The van der Waals surface area contributed by atoms with Crippen LogP contribution in [0.4, 0.5) is 13.2 Å². The van der Waals surface area contributed by atoms with Crippen LogP contribution in [0.5, 0.6) is 5.75 Å². The molecular formula is C31H32F3N5O4Si. The van der Waals surface area contributed by atoms with Crippen molar-refractivity contribution in [3.05, 3.63) is 71.2 Å². The number of nitrogens with one attached hydrogen (secondary N) is 1. The number of hydrogen-bond acceptors (Lipinski definition) is 7. The number of rotatable bonds is 7. The fourth-order valence-electron chi connectivity index (χ4n) is 5.71. The Morgan fingerprint density at radius 2 is 1.86 bits per heavy atom. The van der Waals surface area contributed by atoms with Gasteiger partial charge in [-0.15, -0.1) is 0 Å². The highest BCUT2D eigenvalue weighted by Gasteiger charge is 2.44. The first-order chi connectivity index (χ1) is 20.7. The number of benzene rings is 2. The van der Waals surface area contributed by atoms with Gasteiger partial charge in [-0.1, -0.05) is 32.9 Å². The SMILES string of the molecule is CC(O[Si](C)(C)C(C)(C)C)C(=O)c1nccc(-c2cc3c(c(F)c2OC(F)F)[C@H]2C[C@@H](NC3=O)c3nc4ccccc4n32)n1. The minimum Gasteiger partial charge on any atom is -0.431 e. The van der Waals surface area contributed by atoms with Crippen LogP contribution in [0.25, 0.3) is 22.3 Å². The Hall–Kier alpha value is -4.10. The third-order valence-electron chi connectivity index (χ3n) is 8.85. The molecule has 230 valence electrons. The first kappa shape index (κ1) is 29.9. The number of ketones is 1. The zero-order valence-electron chi connectivity index (χ0n) is 25.1. The topological polar surface area (TPSA) is 108 Å². The standard InChI is InChI=1S/C31H32F3N5O4Si/c1-15(43-44(5,6)31(2,3)4)25(40)27-35-12-11-18(36-27)16-13-17-23(24(32)26(16)42-30(33)34)22-14-20(38-29(17)41)28-37-19-9-7-8-10-21(19)39(22)28/h7-13,15,20,22,30H,14H2,1-6H3,(H,38,41)/t15?,20-,22-/m1/s1. The van der Waals surface area contributed by atoms with Crippen molar-refractivity contribution >= 4 is 31.0 Å². The van der Waals surface area contributed by atoms with Crippen LogP contribution in [0.15, 0.2) is 42.6 Å². The Bertz CT molecular complexity index is 1820. The highest BCUT2D eigenvalue weighted by Crippen LogP contribution is 2.48. The Kier molecular flexibility index (Phi) is 7.15. The second kappa shape index (κ2) is 10.5. The molecule has 0 spiro atoms. The number of halogens is 3. The molecule has 44 heavy (non-hydrogen) atoms. The summed E-state index contributed by atoms with van der Waals surface area (Å²) in [7, 11) is -2.33. The molecule has 0 saturated heterocycles. The average molecular weight is 624 g/mol. The lowest BCUT2D eigenvalue weighted by molar-refractivity contribution is -0.0519. The molecule has 1 unspecified atom stereocenters. The fourth-order valence-corrected chi connectivity index (χ4v) is 7.06. The Morgan fingerprint density at radius 3 is 2.57 bits per heavy atom. The molecule has 3 atom stereocenters. The van der Waals surface area contributed by atoms with Crippen LogP contribution < -0.4 is 10.1 Å². The normalized spacial score (nSPS) is 18.5. The van der Waals surface area contributed by atoms with Gasteiger partial charge in [0.1, 0.15) is 11.9 Å². The summed E-state index contributed by atoms with van der Waals surface area (Å²) in [6.45, 7) is 8.39. The largest absolute Gasteiger partial charge is 0.431 e. The van der Waals surface area contributed by atoms with Gasteiger partial charge in [0.15, 0.2) is 25.7 Å². The lowest BCUT2D eigenvalue weighted by Gasteiger charge is -2.37. The van der Waals surface area contributed by atoms with Crippen LogP contribution in [0.3, 0.4) is 0 Å². The molecule has 2 aliphatic rings. The summed E-state index contributed by atoms with van der Waals surface area (Å²) in [5.41, 5.74) is 1.01. The Balaban J connectivity index is 1.46. The minimum absolute atomic E-state index is 0.0452. The molecule has 2 aromatic carbocycles. The molecule has 0 saturated carbocycles. The first-order valence-electron chi connectivity index (χ1n) is 14.3. The fraction of sp³-hybridized carbons (Fsp3) is 0.387. The molecule has 2 bridgehead atoms. The number of carbonyl (C=O) groups excluding carboxylic acids is 2. The molecule has 4 aromatic rings. The predicted molar refractivity (Wildman–Crippen MR) is 159 cm³/mol. The number of carbonyl (C=O) groups is 2. The predicted octanol–water partition coefficient (Wildman–Crippen LogP) is 6.60. The molecule has 0 fully saturated rings. The van der Waals surface area contributed by atoms with Crippen LogP contribution in [0.1, 0.15) is 78.6 Å². The van der Waals surface area contributed by atoms with Crippen LogP contribution in [-0.4, -0.2) is 52.2 Å². The summed E-state index contributed by atoms with van der Waals surface area (Å²) in [6.07, 6.45) is 0.678. The monoisotopic (exact) mass is 623 g/mol. The maximum absolute atomic E-state index is 16.6. The van der Waals surface area contributed by atoms with E-state index in [-0.39, 0.29) is 39.7 Å². The van der Waals surface area contributed by atoms with E-state index in [1.54, 1.807) is 6.92 Å². The summed E-state index contributed by atoms with van der Waals surface area (Å²) in [6, 6.07) is 8.71. The Labute approximate surface area is 253 Å². The molecule has 1 amide bonds. The number of Topliss-reactive ketones (excluding diaryl/α,β-unsaturated/α-hetero) is 1. The van der Waals surface area contributed by atoms with Crippen molar-refractivity contribution in [1.82, 2.24) is 24.8 Å². The van der Waals surface area contributed by atoms with E-state index < -0.39 is 56.4 Å². The van der Waals surface area contributed by atoms with Crippen molar-refractivity contribution < 1.29 is 31.9 Å².